The second-order valence-electron chi connectivity index (χ2n) is 8.87. The number of aromatic nitrogens is 1. The van der Waals surface area contributed by atoms with E-state index in [1.54, 1.807) is 13.3 Å². The molecule has 1 aliphatic heterocycles. The van der Waals surface area contributed by atoms with Crippen LogP contribution < -0.4 is 11.1 Å². The van der Waals surface area contributed by atoms with Gasteiger partial charge in [0.05, 0.1) is 12.2 Å². The number of benzene rings is 1. The van der Waals surface area contributed by atoms with Crippen LogP contribution in [0.4, 0.5) is 5.82 Å². The van der Waals surface area contributed by atoms with Crippen LogP contribution in [0, 0.1) is 0 Å². The van der Waals surface area contributed by atoms with Gasteiger partial charge in [0.1, 0.15) is 5.82 Å². The third-order valence-electron chi connectivity index (χ3n) is 6.70. The van der Waals surface area contributed by atoms with E-state index in [2.05, 4.69) is 39.5 Å². The van der Waals surface area contributed by atoms with Crippen LogP contribution in [-0.2, 0) is 4.74 Å². The standard InChI is InChI=1S/C25H34N4O2.C2H6/c1-31-14-13-29-12-11-20(17-29)18-7-9-19(10-8-18)21-15-23(24(26)27-16-21)25(30)28-22-5-3-2-4-6-22;1-2/h7-10,15-16,20,22H,2-6,11-14,17H2,1H3,(H2,26,27)(H,28,30);1-2H3. The SMILES string of the molecule is CC.COCCN1CCC(c2ccc(-c3cnc(N)c(C(=O)NC4CCCCC4)c3)cc2)C1. The van der Waals surface area contributed by atoms with Crippen molar-refractivity contribution < 1.29 is 9.53 Å². The zero-order valence-corrected chi connectivity index (χ0v) is 20.5. The zero-order chi connectivity index (χ0) is 23.6. The van der Waals surface area contributed by atoms with Crippen molar-refractivity contribution >= 4 is 11.7 Å². The molecule has 180 valence electrons. The fraction of sp³-hybridized carbons (Fsp3) is 0.556. The number of nitrogens with zero attached hydrogens (tertiary/aromatic N) is 2. The molecule has 0 bridgehead atoms. The smallest absolute Gasteiger partial charge is 0.255 e. The molecule has 33 heavy (non-hydrogen) atoms. The minimum absolute atomic E-state index is 0.113. The van der Waals surface area contributed by atoms with E-state index in [0.29, 0.717) is 11.5 Å². The van der Waals surface area contributed by atoms with E-state index >= 15 is 0 Å². The molecule has 1 unspecified atom stereocenters. The topological polar surface area (TPSA) is 80.5 Å². The molecule has 2 fully saturated rings. The van der Waals surface area contributed by atoms with Crippen molar-refractivity contribution in [3.63, 3.8) is 0 Å². The number of hydrogen-bond donors (Lipinski definition) is 2. The molecule has 1 saturated heterocycles. The van der Waals surface area contributed by atoms with Gasteiger partial charge in [-0.25, -0.2) is 4.98 Å². The molecule has 0 spiro atoms. The molecule has 1 aromatic heterocycles. The van der Waals surface area contributed by atoms with E-state index in [1.807, 2.05) is 19.9 Å². The quantitative estimate of drug-likeness (QED) is 0.627. The number of carbonyl (C=O) groups is 1. The summed E-state index contributed by atoms with van der Waals surface area (Å²) in [7, 11) is 1.75. The molecule has 3 N–H and O–H groups in total. The Kier molecular flexibility index (Phi) is 9.70. The molecule has 1 atom stereocenters. The van der Waals surface area contributed by atoms with Gasteiger partial charge in [0.25, 0.3) is 5.91 Å². The Labute approximate surface area is 198 Å². The minimum Gasteiger partial charge on any atom is -0.383 e. The summed E-state index contributed by atoms with van der Waals surface area (Å²) in [6.07, 6.45) is 8.64. The number of rotatable bonds is 7. The van der Waals surface area contributed by atoms with Crippen molar-refractivity contribution in [1.82, 2.24) is 15.2 Å². The molecular weight excluding hydrogens is 412 g/mol. The van der Waals surface area contributed by atoms with Crippen LogP contribution >= 0.6 is 0 Å². The Balaban J connectivity index is 0.00000149. The molecule has 2 aromatic rings. The van der Waals surface area contributed by atoms with Gasteiger partial charge in [-0.3, -0.25) is 4.79 Å². The molecule has 1 amide bonds. The number of methoxy groups -OCH3 is 1. The first-order chi connectivity index (χ1) is 16.1. The zero-order valence-electron chi connectivity index (χ0n) is 20.5. The first kappa shape index (κ1) is 25.2. The number of ether oxygens (including phenoxy) is 1. The van der Waals surface area contributed by atoms with Crippen molar-refractivity contribution in [2.24, 2.45) is 0 Å². The van der Waals surface area contributed by atoms with Gasteiger partial charge >= 0.3 is 0 Å². The van der Waals surface area contributed by atoms with Crippen molar-refractivity contribution in [3.8, 4) is 11.1 Å². The summed E-state index contributed by atoms with van der Waals surface area (Å²) < 4.78 is 5.20. The van der Waals surface area contributed by atoms with Crippen molar-refractivity contribution in [2.75, 3.05) is 39.1 Å². The largest absolute Gasteiger partial charge is 0.383 e. The van der Waals surface area contributed by atoms with Gasteiger partial charge in [0.15, 0.2) is 0 Å². The minimum atomic E-state index is -0.113. The van der Waals surface area contributed by atoms with Gasteiger partial charge in [-0.2, -0.15) is 0 Å². The first-order valence-electron chi connectivity index (χ1n) is 12.5. The van der Waals surface area contributed by atoms with Crippen molar-refractivity contribution in [3.05, 3.63) is 47.7 Å². The average Bonchev–Trinajstić information content (AvgIpc) is 3.34. The van der Waals surface area contributed by atoms with Gasteiger partial charge in [0, 0.05) is 38.0 Å². The first-order valence-corrected chi connectivity index (χ1v) is 12.5. The van der Waals surface area contributed by atoms with E-state index in [9.17, 15) is 4.79 Å². The normalized spacial score (nSPS) is 19.1. The molecule has 2 heterocycles. The molecule has 6 nitrogen and oxygen atoms in total. The molecule has 0 radical (unpaired) electrons. The Morgan fingerprint density at radius 1 is 1.12 bits per heavy atom. The Bertz CT molecular complexity index is 878. The number of pyridine rings is 1. The second-order valence-corrected chi connectivity index (χ2v) is 8.87. The Hall–Kier alpha value is -2.44. The van der Waals surface area contributed by atoms with E-state index in [-0.39, 0.29) is 17.8 Å². The molecular formula is C27H40N4O2. The third-order valence-corrected chi connectivity index (χ3v) is 6.70. The van der Waals surface area contributed by atoms with Crippen LogP contribution in [0.25, 0.3) is 11.1 Å². The monoisotopic (exact) mass is 452 g/mol. The Morgan fingerprint density at radius 3 is 2.55 bits per heavy atom. The second kappa shape index (κ2) is 12.7. The van der Waals surface area contributed by atoms with Crippen LogP contribution in [0.1, 0.15) is 74.2 Å². The lowest BCUT2D eigenvalue weighted by Gasteiger charge is -2.23. The number of likely N-dealkylation sites (tertiary alicyclic amines) is 1. The molecule has 2 aliphatic rings. The van der Waals surface area contributed by atoms with E-state index in [0.717, 1.165) is 50.2 Å². The number of nitrogens with two attached hydrogens (primary N) is 1. The van der Waals surface area contributed by atoms with Gasteiger partial charge in [-0.1, -0.05) is 57.4 Å². The average molecular weight is 453 g/mol. The van der Waals surface area contributed by atoms with Crippen LogP contribution in [0.3, 0.4) is 0 Å². The lowest BCUT2D eigenvalue weighted by Crippen LogP contribution is -2.36. The summed E-state index contributed by atoms with van der Waals surface area (Å²) >= 11 is 0. The predicted octanol–water partition coefficient (Wildman–Crippen LogP) is 4.86. The summed E-state index contributed by atoms with van der Waals surface area (Å²) in [6.45, 7) is 7.98. The maximum Gasteiger partial charge on any atom is 0.255 e. The van der Waals surface area contributed by atoms with Crippen molar-refractivity contribution in [1.29, 1.82) is 0 Å². The summed E-state index contributed by atoms with van der Waals surface area (Å²) in [5.41, 5.74) is 9.85. The number of nitrogen functional groups attached to an aromatic ring is 1. The van der Waals surface area contributed by atoms with Crippen molar-refractivity contribution in [2.45, 2.75) is 64.3 Å². The fourth-order valence-corrected chi connectivity index (χ4v) is 4.80. The fourth-order valence-electron chi connectivity index (χ4n) is 4.80. The van der Waals surface area contributed by atoms with Crippen LogP contribution in [0.15, 0.2) is 36.5 Å². The molecule has 4 rings (SSSR count). The highest BCUT2D eigenvalue weighted by Crippen LogP contribution is 2.30. The summed E-state index contributed by atoms with van der Waals surface area (Å²) in [4.78, 5) is 19.6. The van der Waals surface area contributed by atoms with E-state index < -0.39 is 0 Å². The van der Waals surface area contributed by atoms with Gasteiger partial charge in [-0.15, -0.1) is 0 Å². The Morgan fingerprint density at radius 2 is 1.85 bits per heavy atom. The molecule has 1 aromatic carbocycles. The molecule has 1 aliphatic carbocycles. The lowest BCUT2D eigenvalue weighted by molar-refractivity contribution is 0.0928. The summed E-state index contributed by atoms with van der Waals surface area (Å²) in [5.74, 6) is 0.737. The highest BCUT2D eigenvalue weighted by atomic mass is 16.5. The number of anilines is 1. The van der Waals surface area contributed by atoms with Gasteiger partial charge in [0.2, 0.25) is 0 Å². The maximum absolute atomic E-state index is 12.8. The number of hydrogen-bond acceptors (Lipinski definition) is 5. The van der Waals surface area contributed by atoms with Gasteiger partial charge < -0.3 is 20.7 Å². The maximum atomic E-state index is 12.8. The van der Waals surface area contributed by atoms with Crippen LogP contribution in [0.2, 0.25) is 0 Å². The van der Waals surface area contributed by atoms with E-state index in [4.69, 9.17) is 10.5 Å². The highest BCUT2D eigenvalue weighted by Gasteiger charge is 2.23. The van der Waals surface area contributed by atoms with Crippen LogP contribution in [-0.4, -0.2) is 55.2 Å². The number of carbonyl (C=O) groups excluding carboxylic acids is 1. The number of amides is 1. The third kappa shape index (κ3) is 6.78. The molecule has 1 saturated carbocycles. The van der Waals surface area contributed by atoms with Crippen LogP contribution in [0.5, 0.6) is 0 Å². The predicted molar refractivity (Wildman–Crippen MR) is 135 cm³/mol. The molecule has 6 heteroatoms. The number of nitrogens with one attached hydrogen (secondary N) is 1. The summed E-state index contributed by atoms with van der Waals surface area (Å²) in [6, 6.07) is 10.8. The van der Waals surface area contributed by atoms with E-state index in [1.165, 1.54) is 31.2 Å². The highest BCUT2D eigenvalue weighted by molar-refractivity contribution is 5.99. The summed E-state index contributed by atoms with van der Waals surface area (Å²) in [5, 5.41) is 3.15. The lowest BCUT2D eigenvalue weighted by atomic mass is 9.95. The van der Waals surface area contributed by atoms with Gasteiger partial charge in [-0.05, 0) is 48.9 Å².